The summed E-state index contributed by atoms with van der Waals surface area (Å²) < 4.78 is 29.7. The van der Waals surface area contributed by atoms with Crippen LogP contribution in [0, 0.1) is 10.1 Å². The first-order valence-corrected chi connectivity index (χ1v) is 8.65. The number of thioether (sulfide) groups is 1. The molecule has 1 saturated heterocycles. The third-order valence-electron chi connectivity index (χ3n) is 2.96. The Hall–Kier alpha value is -1.32. The maximum absolute atomic E-state index is 11.7. The molecule has 0 amide bonds. The number of nitro groups is 1. The van der Waals surface area contributed by atoms with Crippen molar-refractivity contribution in [3.05, 3.63) is 33.9 Å². The average molecular weight is 318 g/mol. The fraction of sp³-hybridized carbons (Fsp3) is 0.455. The summed E-state index contributed by atoms with van der Waals surface area (Å²) in [5.74, 6) is 0.824. The van der Waals surface area contributed by atoms with Gasteiger partial charge < -0.3 is 4.74 Å². The lowest BCUT2D eigenvalue weighted by atomic mass is 10.2. The van der Waals surface area contributed by atoms with Gasteiger partial charge in [-0.3, -0.25) is 10.1 Å². The van der Waals surface area contributed by atoms with Crippen molar-refractivity contribution in [2.45, 2.75) is 5.37 Å². The van der Waals surface area contributed by atoms with Crippen LogP contribution in [0.1, 0.15) is 10.9 Å². The van der Waals surface area contributed by atoms with E-state index in [-0.39, 0.29) is 11.4 Å². The van der Waals surface area contributed by atoms with E-state index in [0.29, 0.717) is 17.9 Å². The third-order valence-corrected chi connectivity index (χ3v) is 5.60. The fourth-order valence-electron chi connectivity index (χ4n) is 2.06. The highest BCUT2D eigenvalue weighted by molar-refractivity contribution is 8.00. The molecule has 1 aromatic rings. The van der Waals surface area contributed by atoms with Gasteiger partial charge in [0.15, 0.2) is 5.75 Å². The zero-order valence-electron chi connectivity index (χ0n) is 11.0. The predicted molar refractivity (Wildman–Crippen MR) is 76.4 cm³/mol. The molecule has 20 heavy (non-hydrogen) atoms. The Morgan fingerprint density at radius 1 is 1.50 bits per heavy atom. The van der Waals surface area contributed by atoms with Gasteiger partial charge in [-0.1, -0.05) is 6.07 Å². The summed E-state index contributed by atoms with van der Waals surface area (Å²) in [6, 6.07) is 4.53. The second-order valence-electron chi connectivity index (χ2n) is 4.29. The van der Waals surface area contributed by atoms with Gasteiger partial charge in [-0.25, -0.2) is 8.42 Å². The van der Waals surface area contributed by atoms with E-state index in [0.717, 1.165) is 6.26 Å². The minimum atomic E-state index is -3.34. The van der Waals surface area contributed by atoms with E-state index in [1.807, 2.05) is 0 Å². The molecule has 1 aromatic carbocycles. The van der Waals surface area contributed by atoms with Gasteiger partial charge >= 0.3 is 5.69 Å². The summed E-state index contributed by atoms with van der Waals surface area (Å²) in [5, 5.41) is 10.6. The average Bonchev–Trinajstić information content (AvgIpc) is 2.87. The summed E-state index contributed by atoms with van der Waals surface area (Å²) in [5.41, 5.74) is 0.427. The smallest absolute Gasteiger partial charge is 0.311 e. The summed E-state index contributed by atoms with van der Waals surface area (Å²) in [6.07, 6.45) is 1.14. The summed E-state index contributed by atoms with van der Waals surface area (Å²) >= 11 is 1.45. The van der Waals surface area contributed by atoms with Crippen molar-refractivity contribution in [1.82, 2.24) is 4.31 Å². The lowest BCUT2D eigenvalue weighted by Crippen LogP contribution is -2.29. The van der Waals surface area contributed by atoms with Gasteiger partial charge in [-0.05, 0) is 11.6 Å². The monoisotopic (exact) mass is 318 g/mol. The van der Waals surface area contributed by atoms with Crippen LogP contribution in [0.5, 0.6) is 5.75 Å². The molecule has 0 bridgehead atoms. The molecule has 2 rings (SSSR count). The second-order valence-corrected chi connectivity index (χ2v) is 7.41. The maximum Gasteiger partial charge on any atom is 0.311 e. The van der Waals surface area contributed by atoms with Crippen LogP contribution in [0.4, 0.5) is 5.69 Å². The van der Waals surface area contributed by atoms with Crippen LogP contribution in [0.15, 0.2) is 18.2 Å². The topological polar surface area (TPSA) is 89.8 Å². The van der Waals surface area contributed by atoms with Gasteiger partial charge in [0.1, 0.15) is 0 Å². The van der Waals surface area contributed by atoms with Crippen molar-refractivity contribution in [2.24, 2.45) is 0 Å². The minimum absolute atomic E-state index is 0.160. The lowest BCUT2D eigenvalue weighted by molar-refractivity contribution is -0.385. The molecule has 0 saturated carbocycles. The number of rotatable bonds is 4. The molecule has 1 atom stereocenters. The number of nitrogens with zero attached hydrogens (tertiary/aromatic N) is 2. The van der Waals surface area contributed by atoms with Crippen LogP contribution >= 0.6 is 11.8 Å². The normalized spacial score (nSPS) is 20.0. The van der Waals surface area contributed by atoms with E-state index in [2.05, 4.69) is 0 Å². The van der Waals surface area contributed by atoms with Crippen molar-refractivity contribution in [1.29, 1.82) is 0 Å². The zero-order valence-corrected chi connectivity index (χ0v) is 12.6. The molecule has 7 nitrogen and oxygen atoms in total. The summed E-state index contributed by atoms with van der Waals surface area (Å²) in [6.45, 7) is 0.411. The first-order chi connectivity index (χ1) is 9.34. The number of sulfonamides is 1. The second kappa shape index (κ2) is 5.58. The van der Waals surface area contributed by atoms with E-state index in [9.17, 15) is 18.5 Å². The summed E-state index contributed by atoms with van der Waals surface area (Å²) in [7, 11) is -1.98. The Labute approximate surface area is 121 Å². The largest absolute Gasteiger partial charge is 0.490 e. The Kier molecular flexibility index (Phi) is 4.21. The van der Waals surface area contributed by atoms with Crippen LogP contribution in [0.3, 0.4) is 0 Å². The number of nitro benzene ring substituents is 1. The highest BCUT2D eigenvalue weighted by atomic mass is 32.2. The van der Waals surface area contributed by atoms with Crippen molar-refractivity contribution in [3.63, 3.8) is 0 Å². The van der Waals surface area contributed by atoms with E-state index in [4.69, 9.17) is 4.74 Å². The van der Waals surface area contributed by atoms with Crippen LogP contribution in [-0.4, -0.2) is 43.3 Å². The standard InChI is InChI=1S/C11H14N2O5S2/c1-18-10-4-3-8(7-9(10)13(14)15)11-12(5-6-19-11)20(2,16)17/h3-4,7,11H,5-6H2,1-2H3. The van der Waals surface area contributed by atoms with Gasteiger partial charge in [0.25, 0.3) is 0 Å². The number of hydrogen-bond donors (Lipinski definition) is 0. The van der Waals surface area contributed by atoms with Crippen LogP contribution in [0.2, 0.25) is 0 Å². The van der Waals surface area contributed by atoms with Gasteiger partial charge in [0, 0.05) is 18.4 Å². The molecule has 1 unspecified atom stereocenters. The molecule has 110 valence electrons. The molecule has 0 aromatic heterocycles. The Bertz CT molecular complexity index is 632. The maximum atomic E-state index is 11.7. The van der Waals surface area contributed by atoms with Crippen molar-refractivity contribution in [2.75, 3.05) is 25.7 Å². The molecule has 1 fully saturated rings. The lowest BCUT2D eigenvalue weighted by Gasteiger charge is -2.21. The molecule has 1 aliphatic rings. The van der Waals surface area contributed by atoms with Crippen LogP contribution in [0.25, 0.3) is 0 Å². The molecule has 0 spiro atoms. The molecule has 1 heterocycles. The molecular weight excluding hydrogens is 304 g/mol. The molecule has 0 radical (unpaired) electrons. The van der Waals surface area contributed by atoms with E-state index >= 15 is 0 Å². The number of ether oxygens (including phenoxy) is 1. The Morgan fingerprint density at radius 2 is 2.20 bits per heavy atom. The number of methoxy groups -OCH3 is 1. The summed E-state index contributed by atoms with van der Waals surface area (Å²) in [4.78, 5) is 10.5. The van der Waals surface area contributed by atoms with E-state index in [1.54, 1.807) is 6.07 Å². The highest BCUT2D eigenvalue weighted by Crippen LogP contribution is 2.41. The quantitative estimate of drug-likeness (QED) is 0.619. The van der Waals surface area contributed by atoms with E-state index < -0.39 is 20.3 Å². The van der Waals surface area contributed by atoms with E-state index in [1.165, 1.54) is 35.3 Å². The van der Waals surface area contributed by atoms with Gasteiger partial charge in [-0.2, -0.15) is 4.31 Å². The fourth-order valence-corrected chi connectivity index (χ4v) is 4.86. The molecule has 9 heteroatoms. The van der Waals surface area contributed by atoms with Gasteiger partial charge in [0.05, 0.1) is 23.7 Å². The Morgan fingerprint density at radius 3 is 2.75 bits per heavy atom. The van der Waals surface area contributed by atoms with Crippen molar-refractivity contribution < 1.29 is 18.1 Å². The molecular formula is C11H14N2O5S2. The first-order valence-electron chi connectivity index (χ1n) is 5.75. The van der Waals surface area contributed by atoms with Crippen molar-refractivity contribution >= 4 is 27.5 Å². The van der Waals surface area contributed by atoms with Gasteiger partial charge in [0.2, 0.25) is 10.0 Å². The minimum Gasteiger partial charge on any atom is -0.490 e. The molecule has 0 N–H and O–H groups in total. The molecule has 1 aliphatic heterocycles. The SMILES string of the molecule is COc1ccc(C2SCCN2S(C)(=O)=O)cc1[N+](=O)[O-]. The Balaban J connectivity index is 2.43. The van der Waals surface area contributed by atoms with Crippen molar-refractivity contribution in [3.8, 4) is 5.75 Å². The first kappa shape index (κ1) is 15.1. The van der Waals surface area contributed by atoms with Gasteiger partial charge in [-0.15, -0.1) is 11.8 Å². The third kappa shape index (κ3) is 2.89. The number of hydrogen-bond acceptors (Lipinski definition) is 6. The molecule has 0 aliphatic carbocycles. The van der Waals surface area contributed by atoms with Crippen LogP contribution in [-0.2, 0) is 10.0 Å². The predicted octanol–water partition coefficient (Wildman–Crippen LogP) is 1.61. The zero-order chi connectivity index (χ0) is 14.9. The number of benzene rings is 1. The van der Waals surface area contributed by atoms with Crippen LogP contribution < -0.4 is 4.74 Å². The highest BCUT2D eigenvalue weighted by Gasteiger charge is 2.34.